The van der Waals surface area contributed by atoms with Crippen molar-refractivity contribution in [1.29, 1.82) is 0 Å². The predicted octanol–water partition coefficient (Wildman–Crippen LogP) is 4.63. The molecule has 1 amide bonds. The quantitative estimate of drug-likeness (QED) is 0.801. The Kier molecular flexibility index (Phi) is 4.79. The van der Waals surface area contributed by atoms with Crippen molar-refractivity contribution in [3.63, 3.8) is 0 Å². The fourth-order valence-corrected chi connectivity index (χ4v) is 5.32. The summed E-state index contributed by atoms with van der Waals surface area (Å²) in [4.78, 5) is 14.7. The van der Waals surface area contributed by atoms with Crippen LogP contribution in [0.5, 0.6) is 5.75 Å². The van der Waals surface area contributed by atoms with Gasteiger partial charge in [-0.25, -0.2) is 0 Å². The number of amides is 1. The minimum atomic E-state index is 0.164. The van der Waals surface area contributed by atoms with Gasteiger partial charge in [-0.3, -0.25) is 4.79 Å². The molecular weight excluding hydrogens is 384 g/mol. The van der Waals surface area contributed by atoms with Gasteiger partial charge in [0.2, 0.25) is 5.91 Å². The number of likely N-dealkylation sites (N-methyl/N-ethyl adjacent to an activating group) is 1. The van der Waals surface area contributed by atoms with Gasteiger partial charge in [0, 0.05) is 30.1 Å². The molecule has 152 valence electrons. The number of anilines is 1. The summed E-state index contributed by atoms with van der Waals surface area (Å²) in [5, 5.41) is 3.79. The highest BCUT2D eigenvalue weighted by atomic mass is 35.5. The van der Waals surface area contributed by atoms with Crippen molar-refractivity contribution in [2.45, 2.75) is 44.1 Å². The first-order valence-electron chi connectivity index (χ1n) is 10.6. The van der Waals surface area contributed by atoms with Crippen LogP contribution in [0.2, 0.25) is 5.02 Å². The zero-order valence-corrected chi connectivity index (χ0v) is 17.8. The number of ether oxygens (including phenoxy) is 1. The highest BCUT2D eigenvalue weighted by Crippen LogP contribution is 2.45. The van der Waals surface area contributed by atoms with E-state index >= 15 is 0 Å². The van der Waals surface area contributed by atoms with Crippen LogP contribution >= 0.6 is 11.6 Å². The Morgan fingerprint density at radius 1 is 1.10 bits per heavy atom. The van der Waals surface area contributed by atoms with E-state index in [-0.39, 0.29) is 11.8 Å². The van der Waals surface area contributed by atoms with Gasteiger partial charge in [0.05, 0.1) is 12.1 Å². The largest absolute Gasteiger partial charge is 0.495 e. The van der Waals surface area contributed by atoms with E-state index in [2.05, 4.69) is 47.6 Å². The maximum Gasteiger partial charge on any atom is 0.227 e. The van der Waals surface area contributed by atoms with Crippen LogP contribution in [0, 0.1) is 5.92 Å². The topological polar surface area (TPSA) is 41.6 Å². The van der Waals surface area contributed by atoms with Gasteiger partial charge in [0.15, 0.2) is 0 Å². The van der Waals surface area contributed by atoms with E-state index in [9.17, 15) is 4.79 Å². The maximum atomic E-state index is 12.2. The number of rotatable bonds is 3. The first kappa shape index (κ1) is 19.0. The molecule has 5 heteroatoms. The lowest BCUT2D eigenvalue weighted by atomic mass is 9.74. The van der Waals surface area contributed by atoms with E-state index in [1.54, 1.807) is 7.11 Å². The summed E-state index contributed by atoms with van der Waals surface area (Å²) >= 11 is 6.45. The molecular formula is C24H27ClN2O2. The van der Waals surface area contributed by atoms with Crippen molar-refractivity contribution >= 4 is 23.2 Å². The number of benzene rings is 2. The lowest BCUT2D eigenvalue weighted by Gasteiger charge is -2.38. The zero-order valence-electron chi connectivity index (χ0n) is 17.0. The molecule has 2 atom stereocenters. The molecule has 1 saturated carbocycles. The number of methoxy groups -OCH3 is 1. The second-order valence-electron chi connectivity index (χ2n) is 8.68. The second-order valence-corrected chi connectivity index (χ2v) is 9.08. The minimum absolute atomic E-state index is 0.164. The Morgan fingerprint density at radius 3 is 2.66 bits per heavy atom. The van der Waals surface area contributed by atoms with Crippen molar-refractivity contribution in [3.8, 4) is 5.75 Å². The number of fused-ring (bicyclic) bond motifs is 5. The van der Waals surface area contributed by atoms with Crippen molar-refractivity contribution < 1.29 is 9.53 Å². The monoisotopic (exact) mass is 410 g/mol. The van der Waals surface area contributed by atoms with E-state index < -0.39 is 0 Å². The summed E-state index contributed by atoms with van der Waals surface area (Å²) < 4.78 is 5.54. The molecule has 29 heavy (non-hydrogen) atoms. The molecule has 0 unspecified atom stereocenters. The number of hydrogen-bond acceptors (Lipinski definition) is 3. The van der Waals surface area contributed by atoms with Crippen LogP contribution < -0.4 is 10.1 Å². The Morgan fingerprint density at radius 2 is 1.90 bits per heavy atom. The lowest BCUT2D eigenvalue weighted by molar-refractivity contribution is -0.117. The Hall–Kier alpha value is -2.04. The van der Waals surface area contributed by atoms with Crippen LogP contribution in [0.3, 0.4) is 0 Å². The average Bonchev–Trinajstić information content (AvgIpc) is 3.57. The van der Waals surface area contributed by atoms with Crippen LogP contribution in [0.1, 0.15) is 47.4 Å². The summed E-state index contributed by atoms with van der Waals surface area (Å²) in [6, 6.07) is 11.2. The smallest absolute Gasteiger partial charge is 0.227 e. The fraction of sp³-hybridized carbons (Fsp3) is 0.458. The molecule has 1 fully saturated rings. The number of hydrogen-bond donors (Lipinski definition) is 1. The number of carbonyl (C=O) groups excluding carboxylic acids is 1. The third-order valence-electron chi connectivity index (χ3n) is 6.84. The van der Waals surface area contributed by atoms with Gasteiger partial charge in [0.25, 0.3) is 0 Å². The normalized spacial score (nSPS) is 23.4. The summed E-state index contributed by atoms with van der Waals surface area (Å²) in [6.07, 6.45) is 5.18. The molecule has 1 heterocycles. The van der Waals surface area contributed by atoms with Gasteiger partial charge >= 0.3 is 0 Å². The van der Waals surface area contributed by atoms with E-state index in [4.69, 9.17) is 16.3 Å². The number of carbonyl (C=O) groups is 1. The van der Waals surface area contributed by atoms with E-state index in [0.717, 1.165) is 50.1 Å². The SMILES string of the molecule is COc1cc2c(cc1Cl)CCN(C)[C@H]1CCc3cc(NC(=O)C4CC4)ccc3[C@H]21. The molecule has 2 aromatic carbocycles. The summed E-state index contributed by atoms with van der Waals surface area (Å²) in [5.41, 5.74) is 6.28. The van der Waals surface area contributed by atoms with Crippen molar-refractivity contribution in [2.24, 2.45) is 5.92 Å². The molecule has 0 aromatic heterocycles. The lowest BCUT2D eigenvalue weighted by Crippen LogP contribution is -2.39. The molecule has 5 rings (SSSR count). The first-order chi connectivity index (χ1) is 14.0. The van der Waals surface area contributed by atoms with Crippen LogP contribution in [0.15, 0.2) is 30.3 Å². The molecule has 2 aromatic rings. The molecule has 2 aliphatic carbocycles. The highest BCUT2D eigenvalue weighted by Gasteiger charge is 2.37. The fourth-order valence-electron chi connectivity index (χ4n) is 5.06. The second kappa shape index (κ2) is 7.33. The molecule has 0 spiro atoms. The minimum Gasteiger partial charge on any atom is -0.495 e. The summed E-state index contributed by atoms with van der Waals surface area (Å²) in [5.74, 6) is 1.42. The van der Waals surface area contributed by atoms with Gasteiger partial charge < -0.3 is 15.0 Å². The van der Waals surface area contributed by atoms with Crippen molar-refractivity contribution in [1.82, 2.24) is 4.90 Å². The number of nitrogens with one attached hydrogen (secondary N) is 1. The third-order valence-corrected chi connectivity index (χ3v) is 7.13. The van der Waals surface area contributed by atoms with Gasteiger partial charge in [0.1, 0.15) is 5.75 Å². The van der Waals surface area contributed by atoms with E-state index in [1.807, 2.05) is 0 Å². The first-order valence-corrected chi connectivity index (χ1v) is 10.9. The number of nitrogens with zero attached hydrogens (tertiary/aromatic N) is 1. The Bertz CT molecular complexity index is 970. The molecule has 4 nitrogen and oxygen atoms in total. The summed E-state index contributed by atoms with van der Waals surface area (Å²) in [7, 11) is 3.91. The van der Waals surface area contributed by atoms with Crippen LogP contribution in [0.4, 0.5) is 5.69 Å². The van der Waals surface area contributed by atoms with Gasteiger partial charge in [-0.1, -0.05) is 17.7 Å². The predicted molar refractivity (Wildman–Crippen MR) is 116 cm³/mol. The van der Waals surface area contributed by atoms with E-state index in [1.165, 1.54) is 22.3 Å². The molecule has 1 N–H and O–H groups in total. The zero-order chi connectivity index (χ0) is 20.1. The van der Waals surface area contributed by atoms with Crippen LogP contribution in [0.25, 0.3) is 0 Å². The van der Waals surface area contributed by atoms with E-state index in [0.29, 0.717) is 17.0 Å². The standard InChI is InChI=1S/C24H27ClN2O2/c1-27-10-9-16-12-20(25)22(29-2)13-19(16)23-18-7-6-17(26-24(28)14-3-4-14)11-15(18)5-8-21(23)27/h6-7,11-14,21,23H,3-5,8-10H2,1-2H3,(H,26,28)/t21-,23+/m0/s1. The molecule has 1 aliphatic heterocycles. The van der Waals surface area contributed by atoms with Crippen molar-refractivity contribution in [3.05, 3.63) is 57.6 Å². The van der Waals surface area contributed by atoms with Crippen molar-refractivity contribution in [2.75, 3.05) is 26.0 Å². The van der Waals surface area contributed by atoms with Gasteiger partial charge in [-0.05, 0) is 85.7 Å². The Labute approximate surface area is 177 Å². The number of aryl methyl sites for hydroxylation is 1. The van der Waals surface area contributed by atoms with Gasteiger partial charge in [-0.15, -0.1) is 0 Å². The van der Waals surface area contributed by atoms with Crippen LogP contribution in [-0.2, 0) is 17.6 Å². The Balaban J connectivity index is 1.56. The summed E-state index contributed by atoms with van der Waals surface area (Å²) in [6.45, 7) is 1.03. The van der Waals surface area contributed by atoms with Crippen LogP contribution in [-0.4, -0.2) is 37.6 Å². The molecule has 3 aliphatic rings. The molecule has 0 bridgehead atoms. The molecule has 0 saturated heterocycles. The third kappa shape index (κ3) is 3.43. The number of halogens is 1. The molecule has 0 radical (unpaired) electrons. The average molecular weight is 411 g/mol. The highest BCUT2D eigenvalue weighted by molar-refractivity contribution is 6.32. The maximum absolute atomic E-state index is 12.2. The van der Waals surface area contributed by atoms with Gasteiger partial charge in [-0.2, -0.15) is 0 Å².